The predicted molar refractivity (Wildman–Crippen MR) is 53.5 cm³/mol. The van der Waals surface area contributed by atoms with Crippen molar-refractivity contribution in [1.82, 2.24) is 0 Å². The van der Waals surface area contributed by atoms with Crippen molar-refractivity contribution in [2.75, 3.05) is 0 Å². The molecule has 0 saturated heterocycles. The van der Waals surface area contributed by atoms with Crippen molar-refractivity contribution in [1.29, 1.82) is 0 Å². The smallest absolute Gasteiger partial charge is 0 e. The van der Waals surface area contributed by atoms with Gasteiger partial charge in [-0.2, -0.15) is 11.6 Å². The first kappa shape index (κ1) is 12.2. The fourth-order valence-electron chi connectivity index (χ4n) is 1.77. The zero-order valence-corrected chi connectivity index (χ0v) is 11.1. The first-order valence-electron chi connectivity index (χ1n) is 4.57. The summed E-state index contributed by atoms with van der Waals surface area (Å²) >= 11 is 0. The maximum atomic E-state index is 3.40. The van der Waals surface area contributed by atoms with Gasteiger partial charge in [-0.1, -0.05) is 32.6 Å². The van der Waals surface area contributed by atoms with E-state index in [-0.39, 0.29) is 16.5 Å². The van der Waals surface area contributed by atoms with Crippen LogP contribution in [0.3, 0.4) is 0 Å². The summed E-state index contributed by atoms with van der Waals surface area (Å²) in [5.41, 5.74) is 1.61. The van der Waals surface area contributed by atoms with E-state index >= 15 is 0 Å². The molecule has 0 bridgehead atoms. The van der Waals surface area contributed by atoms with Gasteiger partial charge in [-0.25, -0.2) is 5.20 Å². The van der Waals surface area contributed by atoms with Crippen molar-refractivity contribution in [3.05, 3.63) is 22.9 Å². The minimum Gasteiger partial charge on any atom is -0.274 e. The molecule has 0 aromatic rings. The minimum atomic E-state index is 0. The maximum absolute atomic E-state index is 3.40. The Morgan fingerprint density at radius 2 is 2.08 bits per heavy atom. The Kier molecular flexibility index (Phi) is 5.86. The molecule has 0 aromatic heterocycles. The molecule has 0 heterocycles. The summed E-state index contributed by atoms with van der Waals surface area (Å²) in [6.07, 6.45) is 9.41. The van der Waals surface area contributed by atoms with Crippen LogP contribution >= 0.6 is 0 Å². The van der Waals surface area contributed by atoms with E-state index in [1.165, 1.54) is 28.3 Å². The van der Waals surface area contributed by atoms with Crippen LogP contribution in [0.4, 0.5) is 0 Å². The minimum absolute atomic E-state index is 0. The number of allylic oxidation sites excluding steroid dienone is 4. The third-order valence-corrected chi connectivity index (χ3v) is 3.48. The Morgan fingerprint density at radius 1 is 1.50 bits per heavy atom. The first-order valence-corrected chi connectivity index (χ1v) is 5.57. The second-order valence-electron chi connectivity index (χ2n) is 3.18. The van der Waals surface area contributed by atoms with E-state index < -0.39 is 0 Å². The van der Waals surface area contributed by atoms with Gasteiger partial charge < -0.3 is 0 Å². The van der Waals surface area contributed by atoms with Crippen LogP contribution in [0.1, 0.15) is 33.1 Å². The normalized spacial score (nSPS) is 15.9. The molecule has 0 aliphatic heterocycles. The van der Waals surface area contributed by atoms with E-state index in [0.717, 1.165) is 12.3 Å². The van der Waals surface area contributed by atoms with Crippen LogP contribution in [0.5, 0.6) is 0 Å². The number of rotatable bonds is 3. The van der Waals surface area contributed by atoms with Crippen molar-refractivity contribution in [2.45, 2.75) is 33.1 Å². The van der Waals surface area contributed by atoms with Crippen molar-refractivity contribution < 1.29 is 16.5 Å². The van der Waals surface area contributed by atoms with Crippen molar-refractivity contribution in [2.24, 2.45) is 5.92 Å². The fraction of sp³-hybridized carbons (Fsp3) is 0.600. The summed E-state index contributed by atoms with van der Waals surface area (Å²) in [6, 6.07) is 0. The molecule has 1 aliphatic carbocycles. The molecule has 0 spiro atoms. The molecule has 0 unspecified atom stereocenters. The fourth-order valence-corrected chi connectivity index (χ4v) is 2.59. The third-order valence-electron chi connectivity index (χ3n) is 2.55. The molecule has 12 heavy (non-hydrogen) atoms. The quantitative estimate of drug-likeness (QED) is 0.506. The Labute approximate surface area is 88.9 Å². The second kappa shape index (κ2) is 5.77. The third kappa shape index (κ3) is 2.60. The Balaban J connectivity index is 0.00000121. The van der Waals surface area contributed by atoms with Crippen LogP contribution in [0.2, 0.25) is 0 Å². The van der Waals surface area contributed by atoms with Crippen molar-refractivity contribution in [3.8, 4) is 0 Å². The summed E-state index contributed by atoms with van der Waals surface area (Å²) in [5, 5.41) is 1.53. The average molecular weight is 224 g/mol. The molecular formula is C10H17NiSi-. The molecule has 0 aromatic carbocycles. The predicted octanol–water partition coefficient (Wildman–Crippen LogP) is 1.80. The first-order chi connectivity index (χ1) is 5.29. The van der Waals surface area contributed by atoms with Crippen LogP contribution in [0.15, 0.2) is 16.8 Å². The summed E-state index contributed by atoms with van der Waals surface area (Å²) in [5.74, 6) is 0.817. The topological polar surface area (TPSA) is 0 Å². The molecule has 0 saturated carbocycles. The standard InChI is InChI=1S/C10H17Si.Ni/c1-3-8(4-2)9-6-5-7-10(9)11;/h6,8H,3-5H2,1-2,11H3;/q-1;. The monoisotopic (exact) mass is 223 g/mol. The van der Waals surface area contributed by atoms with Gasteiger partial charge in [0.05, 0.1) is 0 Å². The van der Waals surface area contributed by atoms with Gasteiger partial charge in [0, 0.05) is 16.5 Å². The summed E-state index contributed by atoms with van der Waals surface area (Å²) in [7, 11) is 1.18. The van der Waals surface area contributed by atoms with Gasteiger partial charge in [-0.05, 0) is 10.2 Å². The van der Waals surface area contributed by atoms with Gasteiger partial charge >= 0.3 is 0 Å². The molecule has 2 heteroatoms. The Bertz CT molecular complexity index is 190. The second-order valence-corrected chi connectivity index (χ2v) is 4.18. The van der Waals surface area contributed by atoms with Crippen LogP contribution in [-0.4, -0.2) is 10.2 Å². The molecule has 1 aliphatic rings. The summed E-state index contributed by atoms with van der Waals surface area (Å²) < 4.78 is 0. The zero-order chi connectivity index (χ0) is 8.27. The largest absolute Gasteiger partial charge is 0.274 e. The molecular weight excluding hydrogens is 207 g/mol. The van der Waals surface area contributed by atoms with Crippen molar-refractivity contribution in [3.63, 3.8) is 0 Å². The van der Waals surface area contributed by atoms with Gasteiger partial charge in [0.2, 0.25) is 0 Å². The Morgan fingerprint density at radius 3 is 2.42 bits per heavy atom. The zero-order valence-electron chi connectivity index (χ0n) is 8.09. The molecule has 0 radical (unpaired) electrons. The Hall–Kier alpha value is 0.190. The summed E-state index contributed by atoms with van der Waals surface area (Å²) in [4.78, 5) is 0. The molecule has 0 atom stereocenters. The van der Waals surface area contributed by atoms with E-state index in [1.807, 2.05) is 0 Å². The SMILES string of the molecule is CCC(CC)C1=CC[C-]=C1[SiH3].[Ni]. The molecule has 0 N–H and O–H groups in total. The van der Waals surface area contributed by atoms with E-state index in [1.54, 1.807) is 5.57 Å². The molecule has 1 rings (SSSR count). The number of hydrogen-bond acceptors (Lipinski definition) is 0. The molecule has 0 nitrogen and oxygen atoms in total. The van der Waals surface area contributed by atoms with Gasteiger partial charge in [0.25, 0.3) is 0 Å². The van der Waals surface area contributed by atoms with E-state index in [2.05, 4.69) is 26.0 Å². The average Bonchev–Trinajstić information content (AvgIpc) is 2.40. The van der Waals surface area contributed by atoms with Crippen LogP contribution in [0.25, 0.3) is 0 Å². The van der Waals surface area contributed by atoms with E-state index in [9.17, 15) is 0 Å². The van der Waals surface area contributed by atoms with Gasteiger partial charge in [-0.15, -0.1) is 6.42 Å². The number of hydrogen-bond donors (Lipinski definition) is 0. The van der Waals surface area contributed by atoms with Gasteiger partial charge in [0.1, 0.15) is 0 Å². The van der Waals surface area contributed by atoms with Crippen LogP contribution < -0.4 is 0 Å². The summed E-state index contributed by atoms with van der Waals surface area (Å²) in [6.45, 7) is 4.56. The van der Waals surface area contributed by atoms with Crippen molar-refractivity contribution >= 4 is 10.2 Å². The van der Waals surface area contributed by atoms with Crippen LogP contribution in [0, 0.1) is 12.0 Å². The molecule has 0 fully saturated rings. The van der Waals surface area contributed by atoms with Gasteiger partial charge in [0.15, 0.2) is 0 Å². The molecule has 72 valence electrons. The van der Waals surface area contributed by atoms with Gasteiger partial charge in [-0.3, -0.25) is 6.08 Å². The maximum Gasteiger partial charge on any atom is 0 e. The van der Waals surface area contributed by atoms with E-state index in [4.69, 9.17) is 0 Å². The van der Waals surface area contributed by atoms with E-state index in [0.29, 0.717) is 0 Å². The van der Waals surface area contributed by atoms with Crippen LogP contribution in [-0.2, 0) is 16.5 Å². The molecule has 0 amide bonds.